The Labute approximate surface area is 96.6 Å². The van der Waals surface area contributed by atoms with Crippen molar-refractivity contribution in [3.8, 4) is 0 Å². The van der Waals surface area contributed by atoms with E-state index < -0.39 is 0 Å². The maximum Gasteiger partial charge on any atom is 0.0967 e. The molecule has 2 rings (SSSR count). The number of rotatable bonds is 3. The highest BCUT2D eigenvalue weighted by atomic mass is 15.5. The minimum Gasteiger partial charge on any atom is -0.329 e. The van der Waals surface area contributed by atoms with Crippen LogP contribution in [0.15, 0.2) is 6.20 Å². The Hall–Kier alpha value is -0.940. The van der Waals surface area contributed by atoms with Crippen molar-refractivity contribution in [3.05, 3.63) is 11.9 Å². The van der Waals surface area contributed by atoms with Crippen LogP contribution < -0.4 is 5.73 Å². The van der Waals surface area contributed by atoms with Crippen LogP contribution in [0.4, 0.5) is 0 Å². The van der Waals surface area contributed by atoms with Gasteiger partial charge in [0.2, 0.25) is 0 Å². The van der Waals surface area contributed by atoms with Crippen molar-refractivity contribution in [1.29, 1.82) is 0 Å². The van der Waals surface area contributed by atoms with Crippen molar-refractivity contribution in [2.75, 3.05) is 13.1 Å². The maximum atomic E-state index is 5.86. The Bertz CT molecular complexity index is 335. The van der Waals surface area contributed by atoms with Crippen LogP contribution in [0.5, 0.6) is 0 Å². The van der Waals surface area contributed by atoms with Crippen LogP contribution in [0.3, 0.4) is 0 Å². The number of nitrogens with two attached hydrogens (primary N) is 1. The van der Waals surface area contributed by atoms with E-state index in [1.54, 1.807) is 4.80 Å². The molecular formula is C11H21N5. The fourth-order valence-electron chi connectivity index (χ4n) is 2.58. The zero-order valence-electron chi connectivity index (χ0n) is 10.1. The molecule has 0 saturated carbocycles. The summed E-state index contributed by atoms with van der Waals surface area (Å²) in [6.07, 6.45) is 4.39. The van der Waals surface area contributed by atoms with E-state index in [4.69, 9.17) is 5.73 Å². The summed E-state index contributed by atoms with van der Waals surface area (Å²) in [5.74, 6) is 0.690. The number of aromatic nitrogens is 3. The molecule has 1 saturated heterocycles. The number of aryl methyl sites for hydroxylation is 1. The van der Waals surface area contributed by atoms with Gasteiger partial charge in [0.1, 0.15) is 0 Å². The summed E-state index contributed by atoms with van der Waals surface area (Å²) in [5, 5.41) is 8.42. The smallest absolute Gasteiger partial charge is 0.0967 e. The second-order valence-electron chi connectivity index (χ2n) is 4.72. The molecule has 0 aromatic carbocycles. The van der Waals surface area contributed by atoms with Crippen LogP contribution in [0.1, 0.15) is 25.5 Å². The van der Waals surface area contributed by atoms with E-state index in [0.29, 0.717) is 12.0 Å². The minimum atomic E-state index is 0.496. The zero-order valence-corrected chi connectivity index (χ0v) is 10.1. The number of hydrogen-bond donors (Lipinski definition) is 1. The topological polar surface area (TPSA) is 60.0 Å². The molecule has 1 aromatic rings. The summed E-state index contributed by atoms with van der Waals surface area (Å²) >= 11 is 0. The van der Waals surface area contributed by atoms with Crippen LogP contribution in [-0.2, 0) is 13.6 Å². The number of hydrogen-bond acceptors (Lipinski definition) is 4. The predicted molar refractivity (Wildman–Crippen MR) is 62.7 cm³/mol. The standard InChI is InChI=1S/C11H21N5/c1-9-4-3-5-16(11(9)6-12)8-10-7-13-15(2)14-10/h7,9,11H,3-6,8,12H2,1-2H3. The molecule has 0 aliphatic carbocycles. The van der Waals surface area contributed by atoms with E-state index in [2.05, 4.69) is 22.0 Å². The van der Waals surface area contributed by atoms with Gasteiger partial charge in [0.25, 0.3) is 0 Å². The first-order valence-electron chi connectivity index (χ1n) is 6.00. The van der Waals surface area contributed by atoms with Crippen LogP contribution in [0.25, 0.3) is 0 Å². The Morgan fingerprint density at radius 2 is 2.38 bits per heavy atom. The van der Waals surface area contributed by atoms with E-state index >= 15 is 0 Å². The Morgan fingerprint density at radius 3 is 3.00 bits per heavy atom. The second kappa shape index (κ2) is 4.93. The molecule has 2 N–H and O–H groups in total. The number of nitrogens with zero attached hydrogens (tertiary/aromatic N) is 4. The molecule has 0 radical (unpaired) electrons. The van der Waals surface area contributed by atoms with Crippen LogP contribution in [-0.4, -0.2) is 39.0 Å². The molecule has 90 valence electrons. The molecule has 5 nitrogen and oxygen atoms in total. The lowest BCUT2D eigenvalue weighted by atomic mass is 9.91. The SMILES string of the molecule is CC1CCCN(Cc2cnn(C)n2)C1CN. The fourth-order valence-corrected chi connectivity index (χ4v) is 2.58. The Morgan fingerprint density at radius 1 is 1.56 bits per heavy atom. The first kappa shape index (κ1) is 11.5. The van der Waals surface area contributed by atoms with Crippen molar-refractivity contribution in [3.63, 3.8) is 0 Å². The van der Waals surface area contributed by atoms with Gasteiger partial charge in [-0.25, -0.2) is 0 Å². The van der Waals surface area contributed by atoms with Gasteiger partial charge in [-0.2, -0.15) is 15.0 Å². The van der Waals surface area contributed by atoms with E-state index in [9.17, 15) is 0 Å². The van der Waals surface area contributed by atoms with Gasteiger partial charge in [-0.1, -0.05) is 6.92 Å². The van der Waals surface area contributed by atoms with Crippen LogP contribution >= 0.6 is 0 Å². The molecule has 16 heavy (non-hydrogen) atoms. The molecule has 1 fully saturated rings. The summed E-state index contributed by atoms with van der Waals surface area (Å²) in [7, 11) is 1.85. The first-order chi connectivity index (χ1) is 7.70. The molecule has 5 heteroatoms. The van der Waals surface area contributed by atoms with E-state index in [0.717, 1.165) is 25.3 Å². The lowest BCUT2D eigenvalue weighted by Gasteiger charge is -2.38. The zero-order chi connectivity index (χ0) is 11.5. The maximum absolute atomic E-state index is 5.86. The molecule has 2 unspecified atom stereocenters. The first-order valence-corrected chi connectivity index (χ1v) is 6.00. The molecule has 1 aliphatic heterocycles. The van der Waals surface area contributed by atoms with Crippen molar-refractivity contribution in [2.45, 2.75) is 32.4 Å². The number of likely N-dealkylation sites (tertiary alicyclic amines) is 1. The second-order valence-corrected chi connectivity index (χ2v) is 4.72. The van der Waals surface area contributed by atoms with Gasteiger partial charge in [0.05, 0.1) is 11.9 Å². The van der Waals surface area contributed by atoms with Crippen molar-refractivity contribution in [1.82, 2.24) is 19.9 Å². The average molecular weight is 223 g/mol. The molecular weight excluding hydrogens is 202 g/mol. The van der Waals surface area contributed by atoms with Gasteiger partial charge in [0.15, 0.2) is 0 Å². The molecule has 0 amide bonds. The summed E-state index contributed by atoms with van der Waals surface area (Å²) in [5.41, 5.74) is 6.90. The van der Waals surface area contributed by atoms with Crippen LogP contribution in [0.2, 0.25) is 0 Å². The molecule has 1 aliphatic rings. The normalized spacial score (nSPS) is 27.2. The van der Waals surface area contributed by atoms with Gasteiger partial charge in [-0.3, -0.25) is 4.90 Å². The van der Waals surface area contributed by atoms with E-state index in [1.165, 1.54) is 12.8 Å². The van der Waals surface area contributed by atoms with E-state index in [-0.39, 0.29) is 0 Å². The highest BCUT2D eigenvalue weighted by Gasteiger charge is 2.27. The highest BCUT2D eigenvalue weighted by molar-refractivity contribution is 4.94. The minimum absolute atomic E-state index is 0.496. The van der Waals surface area contributed by atoms with Crippen molar-refractivity contribution in [2.24, 2.45) is 18.7 Å². The highest BCUT2D eigenvalue weighted by Crippen LogP contribution is 2.23. The van der Waals surface area contributed by atoms with E-state index in [1.807, 2.05) is 13.2 Å². The third-order valence-electron chi connectivity index (χ3n) is 3.48. The lowest BCUT2D eigenvalue weighted by Crippen LogP contribution is -2.48. The van der Waals surface area contributed by atoms with Crippen molar-refractivity contribution >= 4 is 0 Å². The Balaban J connectivity index is 2.02. The molecule has 0 bridgehead atoms. The average Bonchev–Trinajstić information content (AvgIpc) is 2.64. The van der Waals surface area contributed by atoms with Gasteiger partial charge >= 0.3 is 0 Å². The van der Waals surface area contributed by atoms with Crippen molar-refractivity contribution < 1.29 is 0 Å². The molecule has 1 aromatic heterocycles. The third kappa shape index (κ3) is 2.41. The van der Waals surface area contributed by atoms with Crippen LogP contribution in [0, 0.1) is 5.92 Å². The summed E-state index contributed by atoms with van der Waals surface area (Å²) < 4.78 is 0. The predicted octanol–water partition coefficient (Wildman–Crippen LogP) is 0.374. The largest absolute Gasteiger partial charge is 0.329 e. The molecule has 0 spiro atoms. The quantitative estimate of drug-likeness (QED) is 0.804. The van der Waals surface area contributed by atoms with Gasteiger partial charge in [-0.05, 0) is 25.3 Å². The summed E-state index contributed by atoms with van der Waals surface area (Å²) in [6, 6.07) is 0.496. The fraction of sp³-hybridized carbons (Fsp3) is 0.818. The van der Waals surface area contributed by atoms with Gasteiger partial charge in [0, 0.05) is 26.2 Å². The number of piperidine rings is 1. The Kier molecular flexibility index (Phi) is 3.56. The third-order valence-corrected chi connectivity index (χ3v) is 3.48. The van der Waals surface area contributed by atoms with Gasteiger partial charge < -0.3 is 5.73 Å². The lowest BCUT2D eigenvalue weighted by molar-refractivity contribution is 0.0976. The monoisotopic (exact) mass is 223 g/mol. The van der Waals surface area contributed by atoms with Gasteiger partial charge in [-0.15, -0.1) is 0 Å². The summed E-state index contributed by atoms with van der Waals surface area (Å²) in [4.78, 5) is 4.05. The molecule has 2 atom stereocenters. The molecule has 2 heterocycles. The summed E-state index contributed by atoms with van der Waals surface area (Å²) in [6.45, 7) is 5.03.